The smallest absolute Gasteiger partial charge is 0.382 e. The summed E-state index contributed by atoms with van der Waals surface area (Å²) in [5.74, 6) is -1.06. The van der Waals surface area contributed by atoms with Crippen LogP contribution in [0.25, 0.3) is 0 Å². The van der Waals surface area contributed by atoms with Gasteiger partial charge in [0.2, 0.25) is 0 Å². The highest BCUT2D eigenvalue weighted by Crippen LogP contribution is 2.31. The Morgan fingerprint density at radius 2 is 1.82 bits per heavy atom. The molecular weight excluding hydrogens is 285 g/mol. The van der Waals surface area contributed by atoms with E-state index in [2.05, 4.69) is 0 Å². The lowest BCUT2D eigenvalue weighted by molar-refractivity contribution is -0.210. The molecule has 17 heavy (non-hydrogen) atoms. The average molecular weight is 294 g/mol. The van der Waals surface area contributed by atoms with Crippen LogP contribution in [-0.2, 0) is 0 Å². The molecule has 0 aliphatic heterocycles. The first-order valence-corrected chi connectivity index (χ1v) is 4.57. The molecule has 8 heteroatoms. The number of rotatable bonds is 2. The van der Waals surface area contributed by atoms with Gasteiger partial charge >= 0.3 is 6.18 Å². The number of halogens is 6. The number of aliphatic hydroxyl groups excluding tert-OH is 1. The summed E-state index contributed by atoms with van der Waals surface area (Å²) in [6, 6.07) is 1.57. The molecule has 0 fully saturated rings. The predicted octanol–water partition coefficient (Wildman–Crippen LogP) is 2.82. The highest BCUT2D eigenvalue weighted by Gasteiger charge is 2.43. The van der Waals surface area contributed by atoms with Crippen LogP contribution < -0.4 is 5.73 Å². The molecule has 2 atom stereocenters. The molecule has 98 valence electrons. The molecule has 0 saturated heterocycles. The number of hydrogen-bond acceptors (Lipinski definition) is 2. The lowest BCUT2D eigenvalue weighted by Crippen LogP contribution is -2.39. The van der Waals surface area contributed by atoms with Crippen LogP contribution in [0, 0.1) is 5.82 Å². The lowest BCUT2D eigenvalue weighted by atomic mass is 10.0. The molecule has 1 rings (SSSR count). The van der Waals surface area contributed by atoms with Gasteiger partial charge in [-0.1, -0.05) is 23.7 Å². The molecule has 0 aromatic heterocycles. The minimum absolute atomic E-state index is 0. The molecule has 1 aromatic rings. The van der Waals surface area contributed by atoms with Crippen LogP contribution in [0.5, 0.6) is 0 Å². The fourth-order valence-corrected chi connectivity index (χ4v) is 1.33. The lowest BCUT2D eigenvalue weighted by Gasteiger charge is -2.22. The number of hydrogen-bond donors (Lipinski definition) is 2. The van der Waals surface area contributed by atoms with Crippen molar-refractivity contribution in [1.29, 1.82) is 0 Å². The van der Waals surface area contributed by atoms with Gasteiger partial charge in [-0.25, -0.2) is 4.39 Å². The summed E-state index contributed by atoms with van der Waals surface area (Å²) < 4.78 is 49.7. The van der Waals surface area contributed by atoms with Gasteiger partial charge in [-0.2, -0.15) is 13.2 Å². The fraction of sp³-hybridized carbons (Fsp3) is 0.333. The molecule has 0 amide bonds. The van der Waals surface area contributed by atoms with Crippen LogP contribution in [0.2, 0.25) is 5.02 Å². The SMILES string of the molecule is Cl.N[C@H](c1cccc(Cl)c1F)[C@@H](O)C(F)(F)F. The third-order valence-electron chi connectivity index (χ3n) is 2.02. The largest absolute Gasteiger partial charge is 0.416 e. The van der Waals surface area contributed by atoms with E-state index in [1.165, 1.54) is 12.1 Å². The summed E-state index contributed by atoms with van der Waals surface area (Å²) in [6.07, 6.45) is -7.74. The number of benzene rings is 1. The zero-order valence-corrected chi connectivity index (χ0v) is 9.78. The molecule has 0 aliphatic rings. The van der Waals surface area contributed by atoms with E-state index in [1.807, 2.05) is 0 Å². The van der Waals surface area contributed by atoms with Crippen molar-refractivity contribution in [2.45, 2.75) is 18.3 Å². The van der Waals surface area contributed by atoms with Gasteiger partial charge < -0.3 is 10.8 Å². The van der Waals surface area contributed by atoms with E-state index in [9.17, 15) is 17.6 Å². The number of alkyl halides is 3. The summed E-state index contributed by atoms with van der Waals surface area (Å²) in [4.78, 5) is 0. The molecule has 0 aliphatic carbocycles. The Morgan fingerprint density at radius 3 is 2.29 bits per heavy atom. The van der Waals surface area contributed by atoms with E-state index in [1.54, 1.807) is 0 Å². The predicted molar refractivity (Wildman–Crippen MR) is 57.6 cm³/mol. The fourth-order valence-electron chi connectivity index (χ4n) is 1.15. The Bertz CT molecular complexity index is 386. The summed E-state index contributed by atoms with van der Waals surface area (Å²) in [5.41, 5.74) is 4.65. The van der Waals surface area contributed by atoms with Crippen molar-refractivity contribution in [2.75, 3.05) is 0 Å². The maximum absolute atomic E-state index is 13.3. The average Bonchev–Trinajstić information content (AvgIpc) is 2.18. The Morgan fingerprint density at radius 1 is 1.29 bits per heavy atom. The minimum Gasteiger partial charge on any atom is -0.382 e. The van der Waals surface area contributed by atoms with E-state index in [-0.39, 0.29) is 17.4 Å². The standard InChI is InChI=1S/C9H8ClF4NO.ClH/c10-5-3-1-2-4(6(5)11)7(15)8(16)9(12,13)14;/h1-3,7-8,16H,15H2;1H/t7-,8-;/m1./s1. The zero-order chi connectivity index (χ0) is 12.5. The normalized spacial score (nSPS) is 15.0. The van der Waals surface area contributed by atoms with E-state index >= 15 is 0 Å². The maximum Gasteiger partial charge on any atom is 0.416 e. The second-order valence-electron chi connectivity index (χ2n) is 3.16. The molecule has 3 N–H and O–H groups in total. The first-order chi connectivity index (χ1) is 7.25. The summed E-state index contributed by atoms with van der Waals surface area (Å²) >= 11 is 5.38. The van der Waals surface area contributed by atoms with Gasteiger partial charge in [0.1, 0.15) is 5.82 Å². The third kappa shape index (κ3) is 3.70. The van der Waals surface area contributed by atoms with Crippen LogP contribution in [0.1, 0.15) is 11.6 Å². The second-order valence-corrected chi connectivity index (χ2v) is 3.56. The molecule has 0 unspecified atom stereocenters. The van der Waals surface area contributed by atoms with Gasteiger partial charge in [-0.15, -0.1) is 12.4 Å². The Kier molecular flexibility index (Phi) is 5.67. The molecule has 2 nitrogen and oxygen atoms in total. The number of nitrogens with two attached hydrogens (primary N) is 1. The van der Waals surface area contributed by atoms with Crippen molar-refractivity contribution in [3.63, 3.8) is 0 Å². The van der Waals surface area contributed by atoms with Crippen molar-refractivity contribution in [2.24, 2.45) is 5.73 Å². The van der Waals surface area contributed by atoms with Crippen LogP contribution >= 0.6 is 24.0 Å². The van der Waals surface area contributed by atoms with E-state index in [4.69, 9.17) is 22.4 Å². The number of aliphatic hydroxyl groups is 1. The molecule has 1 aromatic carbocycles. The Balaban J connectivity index is 0.00000256. The monoisotopic (exact) mass is 293 g/mol. The third-order valence-corrected chi connectivity index (χ3v) is 2.31. The molecule has 0 heterocycles. The maximum atomic E-state index is 13.3. The van der Waals surface area contributed by atoms with Crippen molar-refractivity contribution in [3.8, 4) is 0 Å². The Hall–Kier alpha value is -0.560. The van der Waals surface area contributed by atoms with Crippen molar-refractivity contribution in [3.05, 3.63) is 34.6 Å². The summed E-state index contributed by atoms with van der Waals surface area (Å²) in [5, 5.41) is 8.52. The van der Waals surface area contributed by atoms with Gasteiger partial charge in [0, 0.05) is 5.56 Å². The molecule has 0 saturated carbocycles. The second kappa shape index (κ2) is 5.86. The first kappa shape index (κ1) is 16.4. The van der Waals surface area contributed by atoms with Gasteiger partial charge in [0.15, 0.2) is 6.10 Å². The zero-order valence-electron chi connectivity index (χ0n) is 8.21. The first-order valence-electron chi connectivity index (χ1n) is 4.19. The van der Waals surface area contributed by atoms with E-state index in [0.29, 0.717) is 0 Å². The highest BCUT2D eigenvalue weighted by atomic mass is 35.5. The van der Waals surface area contributed by atoms with Crippen molar-refractivity contribution < 1.29 is 22.7 Å². The van der Waals surface area contributed by atoms with Crippen LogP contribution in [-0.4, -0.2) is 17.4 Å². The van der Waals surface area contributed by atoms with Gasteiger partial charge in [0.05, 0.1) is 11.1 Å². The Labute approximate surface area is 106 Å². The summed E-state index contributed by atoms with van der Waals surface area (Å²) in [6.45, 7) is 0. The highest BCUT2D eigenvalue weighted by molar-refractivity contribution is 6.30. The van der Waals surface area contributed by atoms with Gasteiger partial charge in [0.25, 0.3) is 0 Å². The molecule has 0 spiro atoms. The van der Waals surface area contributed by atoms with E-state index < -0.39 is 29.7 Å². The van der Waals surface area contributed by atoms with Crippen molar-refractivity contribution >= 4 is 24.0 Å². The van der Waals surface area contributed by atoms with Crippen molar-refractivity contribution in [1.82, 2.24) is 0 Å². The van der Waals surface area contributed by atoms with Gasteiger partial charge in [-0.3, -0.25) is 0 Å². The van der Waals surface area contributed by atoms with Crippen LogP contribution in [0.3, 0.4) is 0 Å². The van der Waals surface area contributed by atoms with Crippen LogP contribution in [0.15, 0.2) is 18.2 Å². The molecular formula is C9H9Cl2F4NO. The topological polar surface area (TPSA) is 46.2 Å². The quantitative estimate of drug-likeness (QED) is 0.824. The van der Waals surface area contributed by atoms with Crippen LogP contribution in [0.4, 0.5) is 17.6 Å². The van der Waals surface area contributed by atoms with E-state index in [0.717, 1.165) is 6.07 Å². The molecule has 0 radical (unpaired) electrons. The summed E-state index contributed by atoms with van der Waals surface area (Å²) in [7, 11) is 0. The van der Waals surface area contributed by atoms with Gasteiger partial charge in [-0.05, 0) is 6.07 Å². The molecule has 0 bridgehead atoms. The minimum atomic E-state index is -4.91.